The van der Waals surface area contributed by atoms with Crippen molar-refractivity contribution in [2.24, 2.45) is 0 Å². The first-order valence-electron chi connectivity index (χ1n) is 7.17. The van der Waals surface area contributed by atoms with E-state index in [2.05, 4.69) is 11.9 Å². The number of rotatable bonds is 7. The van der Waals surface area contributed by atoms with Crippen LogP contribution in [0.25, 0.3) is 0 Å². The predicted molar refractivity (Wildman–Crippen MR) is 84.3 cm³/mol. The Morgan fingerprint density at radius 3 is 2.23 bits per heavy atom. The maximum absolute atomic E-state index is 12.8. The number of aryl methyl sites for hydroxylation is 1. The Balaban J connectivity index is 2.47. The van der Waals surface area contributed by atoms with Crippen molar-refractivity contribution >= 4 is 5.78 Å². The lowest BCUT2D eigenvalue weighted by Gasteiger charge is -2.13. The van der Waals surface area contributed by atoms with Crippen LogP contribution < -0.4 is 14.2 Å². The number of ketones is 1. The second-order valence-electron chi connectivity index (χ2n) is 4.86. The van der Waals surface area contributed by atoms with Gasteiger partial charge in [0.2, 0.25) is 5.75 Å². The Kier molecular flexibility index (Phi) is 5.09. The predicted octanol–water partition coefficient (Wildman–Crippen LogP) is 3.22. The summed E-state index contributed by atoms with van der Waals surface area (Å²) in [4.78, 5) is 15.9. The lowest BCUT2D eigenvalue weighted by Crippen LogP contribution is -2.06. The molecule has 0 bridgehead atoms. The fraction of sp³-hybridized carbons (Fsp3) is 0.353. The van der Waals surface area contributed by atoms with Crippen LogP contribution in [-0.4, -0.2) is 32.1 Å². The number of carbonyl (C=O) groups excluding carboxylic acids is 1. The minimum absolute atomic E-state index is 0.0658. The monoisotopic (exact) mass is 303 g/mol. The van der Waals surface area contributed by atoms with E-state index in [-0.39, 0.29) is 5.78 Å². The van der Waals surface area contributed by atoms with Gasteiger partial charge in [-0.25, -0.2) is 0 Å². The molecule has 1 heterocycles. The number of carbonyl (C=O) groups is 1. The minimum Gasteiger partial charge on any atom is -0.493 e. The number of aromatic amines is 1. The van der Waals surface area contributed by atoms with Crippen molar-refractivity contribution in [2.75, 3.05) is 21.3 Å². The van der Waals surface area contributed by atoms with Crippen molar-refractivity contribution in [1.29, 1.82) is 0 Å². The summed E-state index contributed by atoms with van der Waals surface area (Å²) >= 11 is 0. The number of nitrogens with one attached hydrogen (secondary N) is 1. The third kappa shape index (κ3) is 2.93. The maximum atomic E-state index is 12.8. The van der Waals surface area contributed by atoms with Gasteiger partial charge in [-0.2, -0.15) is 0 Å². The largest absolute Gasteiger partial charge is 0.493 e. The van der Waals surface area contributed by atoms with Gasteiger partial charge in [-0.3, -0.25) is 4.79 Å². The molecule has 22 heavy (non-hydrogen) atoms. The van der Waals surface area contributed by atoms with Gasteiger partial charge in [0.05, 0.1) is 21.3 Å². The fourth-order valence-corrected chi connectivity index (χ4v) is 2.44. The van der Waals surface area contributed by atoms with Crippen LogP contribution in [-0.2, 0) is 6.42 Å². The minimum atomic E-state index is -0.0658. The summed E-state index contributed by atoms with van der Waals surface area (Å²) in [5, 5.41) is 0. The van der Waals surface area contributed by atoms with Crippen LogP contribution in [0.2, 0.25) is 0 Å². The van der Waals surface area contributed by atoms with Crippen LogP contribution in [0.5, 0.6) is 17.2 Å². The molecular formula is C17H21NO4. The molecule has 0 saturated heterocycles. The molecule has 5 heteroatoms. The highest BCUT2D eigenvalue weighted by molar-refractivity contribution is 6.10. The van der Waals surface area contributed by atoms with E-state index in [0.717, 1.165) is 18.5 Å². The van der Waals surface area contributed by atoms with Crippen LogP contribution in [0, 0.1) is 0 Å². The Morgan fingerprint density at radius 1 is 1.09 bits per heavy atom. The Bertz CT molecular complexity index is 635. The van der Waals surface area contributed by atoms with Crippen molar-refractivity contribution in [3.63, 3.8) is 0 Å². The van der Waals surface area contributed by atoms with Gasteiger partial charge < -0.3 is 19.2 Å². The summed E-state index contributed by atoms with van der Waals surface area (Å²) in [6.45, 7) is 2.08. The molecular weight excluding hydrogens is 282 g/mol. The maximum Gasteiger partial charge on any atom is 0.203 e. The highest BCUT2D eigenvalue weighted by Gasteiger charge is 2.20. The third-order valence-electron chi connectivity index (χ3n) is 3.50. The van der Waals surface area contributed by atoms with Crippen LogP contribution in [0.4, 0.5) is 0 Å². The quantitative estimate of drug-likeness (QED) is 0.798. The van der Waals surface area contributed by atoms with E-state index >= 15 is 0 Å². The molecule has 0 atom stereocenters. The molecule has 0 aliphatic heterocycles. The van der Waals surface area contributed by atoms with Crippen molar-refractivity contribution in [1.82, 2.24) is 4.98 Å². The van der Waals surface area contributed by atoms with E-state index in [1.54, 1.807) is 24.4 Å². The first-order valence-corrected chi connectivity index (χ1v) is 7.17. The van der Waals surface area contributed by atoms with Crippen molar-refractivity contribution < 1.29 is 19.0 Å². The van der Waals surface area contributed by atoms with Gasteiger partial charge in [-0.1, -0.05) is 13.3 Å². The third-order valence-corrected chi connectivity index (χ3v) is 3.50. The molecule has 2 aromatic rings. The van der Waals surface area contributed by atoms with Gasteiger partial charge in [0.25, 0.3) is 0 Å². The van der Waals surface area contributed by atoms with Crippen LogP contribution in [0.3, 0.4) is 0 Å². The summed E-state index contributed by atoms with van der Waals surface area (Å²) in [5.74, 6) is 1.35. The molecule has 0 spiro atoms. The van der Waals surface area contributed by atoms with Crippen LogP contribution in [0.1, 0.15) is 35.0 Å². The topological polar surface area (TPSA) is 60.6 Å². The molecule has 0 saturated carbocycles. The molecule has 0 aliphatic rings. The molecule has 1 N–H and O–H groups in total. The summed E-state index contributed by atoms with van der Waals surface area (Å²) in [5.41, 5.74) is 2.13. The lowest BCUT2D eigenvalue weighted by atomic mass is 10.0. The number of H-pyrrole nitrogens is 1. The fourth-order valence-electron chi connectivity index (χ4n) is 2.44. The smallest absolute Gasteiger partial charge is 0.203 e. The molecule has 1 aromatic carbocycles. The number of methoxy groups -OCH3 is 3. The molecule has 0 amide bonds. The van der Waals surface area contributed by atoms with Crippen molar-refractivity contribution in [3.8, 4) is 17.2 Å². The summed E-state index contributed by atoms with van der Waals surface area (Å²) in [7, 11) is 4.60. The van der Waals surface area contributed by atoms with Gasteiger partial charge in [0, 0.05) is 23.0 Å². The second-order valence-corrected chi connectivity index (χ2v) is 4.86. The van der Waals surface area contributed by atoms with E-state index in [0.29, 0.717) is 28.4 Å². The van der Waals surface area contributed by atoms with Crippen LogP contribution in [0.15, 0.2) is 24.4 Å². The van der Waals surface area contributed by atoms with E-state index in [1.165, 1.54) is 21.3 Å². The molecule has 118 valence electrons. The Morgan fingerprint density at radius 2 is 1.73 bits per heavy atom. The highest BCUT2D eigenvalue weighted by atomic mass is 16.5. The van der Waals surface area contributed by atoms with E-state index in [1.807, 2.05) is 0 Å². The zero-order valence-electron chi connectivity index (χ0n) is 13.4. The molecule has 0 radical (unpaired) electrons. The molecule has 0 unspecified atom stereocenters. The lowest BCUT2D eigenvalue weighted by molar-refractivity contribution is 0.103. The zero-order valence-corrected chi connectivity index (χ0v) is 13.4. The van der Waals surface area contributed by atoms with Gasteiger partial charge in [0.15, 0.2) is 17.3 Å². The zero-order chi connectivity index (χ0) is 16.1. The summed E-state index contributed by atoms with van der Waals surface area (Å²) in [6.07, 6.45) is 3.59. The van der Waals surface area contributed by atoms with E-state index in [4.69, 9.17) is 14.2 Å². The number of benzene rings is 1. The number of hydrogen-bond acceptors (Lipinski definition) is 4. The summed E-state index contributed by atoms with van der Waals surface area (Å²) in [6, 6.07) is 5.15. The SMILES string of the molecule is CCCc1[nH]ccc1C(=O)c1cc(OC)c(OC)c(OC)c1. The van der Waals surface area contributed by atoms with Crippen LogP contribution >= 0.6 is 0 Å². The first-order chi connectivity index (χ1) is 10.7. The molecule has 0 fully saturated rings. The molecule has 1 aromatic heterocycles. The second kappa shape index (κ2) is 7.02. The van der Waals surface area contributed by atoms with Crippen molar-refractivity contribution in [2.45, 2.75) is 19.8 Å². The first kappa shape index (κ1) is 15.9. The normalized spacial score (nSPS) is 10.4. The van der Waals surface area contributed by atoms with Gasteiger partial charge in [-0.05, 0) is 24.6 Å². The van der Waals surface area contributed by atoms with Gasteiger partial charge in [0.1, 0.15) is 0 Å². The van der Waals surface area contributed by atoms with Gasteiger partial charge >= 0.3 is 0 Å². The van der Waals surface area contributed by atoms with E-state index in [9.17, 15) is 4.79 Å². The average molecular weight is 303 g/mol. The molecule has 2 rings (SSSR count). The Labute approximate surface area is 130 Å². The number of ether oxygens (including phenoxy) is 3. The number of hydrogen-bond donors (Lipinski definition) is 1. The molecule has 0 aliphatic carbocycles. The van der Waals surface area contributed by atoms with Crippen molar-refractivity contribution in [3.05, 3.63) is 41.2 Å². The van der Waals surface area contributed by atoms with Gasteiger partial charge in [-0.15, -0.1) is 0 Å². The highest BCUT2D eigenvalue weighted by Crippen LogP contribution is 2.38. The average Bonchev–Trinajstić information content (AvgIpc) is 3.01. The Hall–Kier alpha value is -2.43. The number of aromatic nitrogens is 1. The molecule has 5 nitrogen and oxygen atoms in total. The summed E-state index contributed by atoms with van der Waals surface area (Å²) < 4.78 is 15.9. The standard InChI is InChI=1S/C17H21NO4/c1-5-6-13-12(7-8-18-13)16(19)11-9-14(20-2)17(22-4)15(10-11)21-3/h7-10,18H,5-6H2,1-4H3. The van der Waals surface area contributed by atoms with E-state index < -0.39 is 0 Å².